The molecule has 0 bridgehead atoms. The van der Waals surface area contributed by atoms with E-state index in [0.29, 0.717) is 12.0 Å². The highest BCUT2D eigenvalue weighted by molar-refractivity contribution is 5.80. The van der Waals surface area contributed by atoms with Crippen molar-refractivity contribution in [3.05, 3.63) is 70.3 Å². The lowest BCUT2D eigenvalue weighted by atomic mass is 9.78. The fourth-order valence-corrected chi connectivity index (χ4v) is 3.35. The molecule has 2 aliphatic carbocycles. The summed E-state index contributed by atoms with van der Waals surface area (Å²) in [5, 5.41) is 11.4. The molecule has 0 aliphatic heterocycles. The first-order valence-corrected chi connectivity index (χ1v) is 9.32. The van der Waals surface area contributed by atoms with Gasteiger partial charge in [0.2, 0.25) is 0 Å². The maximum Gasteiger partial charge on any atom is 0.408 e. The molecule has 1 amide bonds. The maximum absolute atomic E-state index is 13.0. The third kappa shape index (κ3) is 5.34. The number of halogens is 2. The average molecular weight is 419 g/mol. The van der Waals surface area contributed by atoms with Gasteiger partial charge in [-0.05, 0) is 80.1 Å². The number of hydrogen-bond donors (Lipinski definition) is 2. The van der Waals surface area contributed by atoms with Crippen LogP contribution in [0.15, 0.2) is 36.4 Å². The number of nitrogens with one attached hydrogen (secondary N) is 1. The topological polar surface area (TPSA) is 75.6 Å². The van der Waals surface area contributed by atoms with Gasteiger partial charge in [-0.2, -0.15) is 0 Å². The number of ether oxygens (including phenoxy) is 1. The van der Waals surface area contributed by atoms with Gasteiger partial charge < -0.3 is 15.2 Å². The lowest BCUT2D eigenvalue weighted by molar-refractivity contribution is -0.139. The van der Waals surface area contributed by atoms with E-state index in [2.05, 4.69) is 5.32 Å². The third-order valence-corrected chi connectivity index (χ3v) is 4.80. The Morgan fingerprint density at radius 3 is 2.07 bits per heavy atom. The van der Waals surface area contributed by atoms with E-state index in [9.17, 15) is 18.4 Å². The molecule has 0 heterocycles. The van der Waals surface area contributed by atoms with E-state index < -0.39 is 23.6 Å². The van der Waals surface area contributed by atoms with Gasteiger partial charge in [0.1, 0.15) is 17.2 Å². The third-order valence-electron chi connectivity index (χ3n) is 4.80. The van der Waals surface area contributed by atoms with Crippen LogP contribution in [0.4, 0.5) is 13.6 Å². The van der Waals surface area contributed by atoms with Gasteiger partial charge in [-0.25, -0.2) is 13.6 Å². The summed E-state index contributed by atoms with van der Waals surface area (Å²) in [4.78, 5) is 22.1. The number of carboxylic acid groups (broad SMARTS) is 1. The summed E-state index contributed by atoms with van der Waals surface area (Å²) in [6, 6.07) is 8.82. The van der Waals surface area contributed by atoms with Gasteiger partial charge in [-0.15, -0.1) is 0 Å². The van der Waals surface area contributed by atoms with Crippen molar-refractivity contribution in [3.8, 4) is 0 Å². The van der Waals surface area contributed by atoms with Crippen LogP contribution < -0.4 is 5.32 Å². The molecule has 2 N–H and O–H groups in total. The van der Waals surface area contributed by atoms with Crippen molar-refractivity contribution in [3.63, 3.8) is 0 Å². The van der Waals surface area contributed by atoms with E-state index in [0.717, 1.165) is 23.1 Å². The zero-order chi connectivity index (χ0) is 21.3. The molecule has 162 valence electrons. The molecule has 2 unspecified atom stereocenters. The number of alkyl carbamates (subject to hydrolysis) is 1. The molecule has 30 heavy (non-hydrogen) atoms. The summed E-state index contributed by atoms with van der Waals surface area (Å²) in [5.74, 6) is -2.00. The Bertz CT molecular complexity index is 953. The molecule has 2 aromatic rings. The van der Waals surface area contributed by atoms with Crippen LogP contribution in [0.25, 0.3) is 0 Å². The van der Waals surface area contributed by atoms with Crippen molar-refractivity contribution < 1.29 is 28.2 Å². The van der Waals surface area contributed by atoms with Crippen molar-refractivity contribution in [2.24, 2.45) is 0 Å². The number of fused-ring (bicyclic) bond motifs is 2. The normalized spacial score (nSPS) is 18.0. The standard InChI is InChI=1S/C13H16FNO2.C9H7FO2.CH4/c1-13(2,3)17-12(16)15-11-6-8-4-5-9(14)7-10(8)11;10-6-2-1-5-3-8(9(11)12)7(5)4-6;/h4-5,7,11H,6H2,1-3H3,(H,15,16);1-2,4,8H,3H2,(H,11,12);1H4. The zero-order valence-corrected chi connectivity index (χ0v) is 16.5. The van der Waals surface area contributed by atoms with Gasteiger partial charge in [0.05, 0.1) is 12.0 Å². The average Bonchev–Trinajstić information content (AvgIpc) is 2.56. The van der Waals surface area contributed by atoms with Gasteiger partial charge in [0.15, 0.2) is 0 Å². The Labute approximate surface area is 175 Å². The van der Waals surface area contributed by atoms with Crippen LogP contribution in [0.3, 0.4) is 0 Å². The fourth-order valence-electron chi connectivity index (χ4n) is 3.35. The molecule has 0 fully saturated rings. The van der Waals surface area contributed by atoms with Crippen LogP contribution in [-0.4, -0.2) is 22.8 Å². The van der Waals surface area contributed by atoms with Crippen molar-refractivity contribution >= 4 is 12.1 Å². The van der Waals surface area contributed by atoms with Gasteiger partial charge in [-0.3, -0.25) is 4.79 Å². The van der Waals surface area contributed by atoms with E-state index in [4.69, 9.17) is 9.84 Å². The van der Waals surface area contributed by atoms with E-state index in [-0.39, 0.29) is 25.1 Å². The molecule has 0 saturated heterocycles. The molecule has 2 atom stereocenters. The number of carboxylic acids is 1. The minimum absolute atomic E-state index is 0. The zero-order valence-electron chi connectivity index (χ0n) is 16.5. The van der Waals surface area contributed by atoms with E-state index in [1.165, 1.54) is 24.3 Å². The van der Waals surface area contributed by atoms with Gasteiger partial charge >= 0.3 is 12.1 Å². The first-order valence-electron chi connectivity index (χ1n) is 9.32. The molecule has 0 spiro atoms. The van der Waals surface area contributed by atoms with E-state index in [1.807, 2.05) is 0 Å². The quantitative estimate of drug-likeness (QED) is 0.707. The first kappa shape index (κ1) is 23.3. The second-order valence-electron chi connectivity index (χ2n) is 8.18. The number of hydrogen-bond acceptors (Lipinski definition) is 3. The van der Waals surface area contributed by atoms with Crippen LogP contribution in [-0.2, 0) is 22.4 Å². The highest BCUT2D eigenvalue weighted by atomic mass is 19.1. The lowest BCUT2D eigenvalue weighted by Crippen LogP contribution is -2.39. The Morgan fingerprint density at radius 2 is 1.53 bits per heavy atom. The van der Waals surface area contributed by atoms with Crippen molar-refractivity contribution in [1.82, 2.24) is 5.32 Å². The molecular formula is C23H27F2NO4. The smallest absolute Gasteiger partial charge is 0.408 e. The Balaban J connectivity index is 0.000000218. The van der Waals surface area contributed by atoms with E-state index in [1.54, 1.807) is 32.9 Å². The van der Waals surface area contributed by atoms with Crippen molar-refractivity contribution in [1.29, 1.82) is 0 Å². The van der Waals surface area contributed by atoms with E-state index >= 15 is 0 Å². The Morgan fingerprint density at radius 1 is 1.00 bits per heavy atom. The highest BCUT2D eigenvalue weighted by Gasteiger charge is 2.32. The number of rotatable bonds is 2. The van der Waals surface area contributed by atoms with Crippen LogP contribution in [0, 0.1) is 11.6 Å². The molecule has 7 heteroatoms. The predicted octanol–water partition coefficient (Wildman–Crippen LogP) is 5.13. The highest BCUT2D eigenvalue weighted by Crippen LogP contribution is 2.35. The van der Waals surface area contributed by atoms with Gasteiger partial charge in [-0.1, -0.05) is 19.6 Å². The molecule has 2 aliphatic rings. The predicted molar refractivity (Wildman–Crippen MR) is 109 cm³/mol. The molecule has 0 saturated carbocycles. The minimum atomic E-state index is -0.867. The van der Waals surface area contributed by atoms with Crippen LogP contribution in [0.2, 0.25) is 0 Å². The summed E-state index contributed by atoms with van der Waals surface area (Å²) >= 11 is 0. The molecule has 5 nitrogen and oxygen atoms in total. The Kier molecular flexibility index (Phi) is 6.85. The number of carbonyl (C=O) groups is 2. The van der Waals surface area contributed by atoms with Gasteiger partial charge in [0, 0.05) is 0 Å². The minimum Gasteiger partial charge on any atom is -0.481 e. The summed E-state index contributed by atoms with van der Waals surface area (Å²) < 4.78 is 30.8. The largest absolute Gasteiger partial charge is 0.481 e. The molecule has 0 radical (unpaired) electrons. The van der Waals surface area contributed by atoms with Crippen LogP contribution in [0.5, 0.6) is 0 Å². The lowest BCUT2D eigenvalue weighted by Gasteiger charge is -2.31. The summed E-state index contributed by atoms with van der Waals surface area (Å²) in [6.45, 7) is 5.42. The molecule has 4 rings (SSSR count). The molecular weight excluding hydrogens is 392 g/mol. The SMILES string of the molecule is C.CC(C)(C)OC(=O)NC1Cc2ccc(F)cc21.O=C(O)C1Cc2ccc(F)cc21. The summed E-state index contributed by atoms with van der Waals surface area (Å²) in [7, 11) is 0. The second kappa shape index (κ2) is 8.81. The fraction of sp³-hybridized carbons (Fsp3) is 0.391. The van der Waals surface area contributed by atoms with Crippen LogP contribution in [0.1, 0.15) is 62.4 Å². The van der Waals surface area contributed by atoms with Gasteiger partial charge in [0.25, 0.3) is 0 Å². The first-order chi connectivity index (χ1) is 13.5. The number of benzene rings is 2. The maximum atomic E-state index is 13.0. The number of aliphatic carboxylic acids is 1. The van der Waals surface area contributed by atoms with Crippen LogP contribution >= 0.6 is 0 Å². The molecule has 2 aromatic carbocycles. The Hall–Kier alpha value is -2.96. The summed E-state index contributed by atoms with van der Waals surface area (Å²) in [6.07, 6.45) is 0.803. The van der Waals surface area contributed by atoms with Crippen molar-refractivity contribution in [2.45, 2.75) is 58.6 Å². The second-order valence-corrected chi connectivity index (χ2v) is 8.18. The number of amides is 1. The molecule has 0 aromatic heterocycles. The number of carbonyl (C=O) groups excluding carboxylic acids is 1. The monoisotopic (exact) mass is 419 g/mol. The van der Waals surface area contributed by atoms with Crippen molar-refractivity contribution in [2.75, 3.05) is 0 Å². The summed E-state index contributed by atoms with van der Waals surface area (Å²) in [5.41, 5.74) is 2.98.